The molecule has 0 saturated carbocycles. The van der Waals surface area contributed by atoms with Gasteiger partial charge in [0.2, 0.25) is 0 Å². The zero-order valence-electron chi connectivity index (χ0n) is 6.58. The monoisotopic (exact) mass is 165 g/mol. The zero-order chi connectivity index (χ0) is 8.97. The molecule has 1 heterocycles. The van der Waals surface area contributed by atoms with Crippen LogP contribution in [-0.4, -0.2) is 16.2 Å². The number of hydrogen-bond donors (Lipinski definition) is 1. The topological polar surface area (TPSA) is 33.1 Å². The molecule has 0 bridgehead atoms. The minimum absolute atomic E-state index is 0.0680. The number of halogens is 1. The summed E-state index contributed by atoms with van der Waals surface area (Å²) in [5, 5.41) is 8.78. The highest BCUT2D eigenvalue weighted by Crippen LogP contribution is 1.99. The van der Waals surface area contributed by atoms with E-state index in [1.54, 1.807) is 0 Å². The minimum atomic E-state index is -0.758. The molecule has 12 heavy (non-hydrogen) atoms. The Labute approximate surface area is 70.1 Å². The van der Waals surface area contributed by atoms with Gasteiger partial charge in [-0.05, 0) is 25.0 Å². The highest BCUT2D eigenvalue weighted by molar-refractivity contribution is 5.29. The molecule has 0 saturated heterocycles. The van der Waals surface area contributed by atoms with Crippen molar-refractivity contribution in [3.8, 4) is 11.8 Å². The summed E-state index contributed by atoms with van der Waals surface area (Å²) in [5.41, 5.74) is 0.0680. The van der Waals surface area contributed by atoms with Crippen molar-refractivity contribution in [2.75, 3.05) is 0 Å². The Kier molecular flexibility index (Phi) is 2.78. The van der Waals surface area contributed by atoms with Gasteiger partial charge in [0.1, 0.15) is 11.8 Å². The maximum atomic E-state index is 12.8. The molecule has 0 spiro atoms. The predicted octanol–water partition coefficient (Wildman–Crippen LogP) is 0.953. The second-order valence-electron chi connectivity index (χ2n) is 2.28. The number of aliphatic hydroxyl groups excluding tert-OH is 1. The number of hydrogen-bond acceptors (Lipinski definition) is 2. The third-order valence-electron chi connectivity index (χ3n) is 1.16. The number of pyridine rings is 1. The van der Waals surface area contributed by atoms with Gasteiger partial charge >= 0.3 is 0 Å². The van der Waals surface area contributed by atoms with Crippen LogP contribution in [0, 0.1) is 17.7 Å². The first-order chi connectivity index (χ1) is 5.70. The molecule has 0 unspecified atom stereocenters. The lowest BCUT2D eigenvalue weighted by Gasteiger charge is -1.91. The van der Waals surface area contributed by atoms with Crippen LogP contribution < -0.4 is 0 Å². The van der Waals surface area contributed by atoms with E-state index < -0.39 is 11.9 Å². The van der Waals surface area contributed by atoms with Crippen LogP contribution in [0.25, 0.3) is 0 Å². The summed E-state index contributed by atoms with van der Waals surface area (Å²) >= 11 is 0. The van der Waals surface area contributed by atoms with Gasteiger partial charge in [-0.2, -0.15) is 0 Å². The lowest BCUT2D eigenvalue weighted by molar-refractivity contribution is 0.253. The highest BCUT2D eigenvalue weighted by Gasteiger charge is 1.96. The third-order valence-corrected chi connectivity index (χ3v) is 1.16. The first kappa shape index (κ1) is 8.69. The summed E-state index contributed by atoms with van der Waals surface area (Å²) in [4.78, 5) is 3.69. The van der Waals surface area contributed by atoms with Gasteiger partial charge in [-0.15, -0.1) is 0 Å². The fourth-order valence-corrected chi connectivity index (χ4v) is 0.650. The molecule has 62 valence electrons. The first-order valence-corrected chi connectivity index (χ1v) is 3.50. The summed E-state index contributed by atoms with van der Waals surface area (Å²) in [6.45, 7) is 1.51. The van der Waals surface area contributed by atoms with Crippen LogP contribution in [0.2, 0.25) is 0 Å². The molecule has 2 nitrogen and oxygen atoms in total. The van der Waals surface area contributed by atoms with E-state index in [-0.39, 0.29) is 5.69 Å². The van der Waals surface area contributed by atoms with Crippen LogP contribution in [0.1, 0.15) is 12.6 Å². The van der Waals surface area contributed by atoms with Gasteiger partial charge < -0.3 is 5.11 Å². The van der Waals surface area contributed by atoms with Crippen LogP contribution in [0.15, 0.2) is 18.3 Å². The van der Waals surface area contributed by atoms with Gasteiger partial charge in [0.05, 0.1) is 0 Å². The molecule has 1 rings (SSSR count). The lowest BCUT2D eigenvalue weighted by Crippen LogP contribution is -1.94. The fraction of sp³-hybridized carbons (Fsp3) is 0.222. The average molecular weight is 165 g/mol. The molecular weight excluding hydrogens is 157 g/mol. The molecular formula is C9H8FNO. The molecule has 0 amide bonds. The van der Waals surface area contributed by atoms with Crippen molar-refractivity contribution in [3.63, 3.8) is 0 Å². The van der Waals surface area contributed by atoms with E-state index in [0.717, 1.165) is 0 Å². The molecule has 0 aliphatic carbocycles. The van der Waals surface area contributed by atoms with Gasteiger partial charge in [0, 0.05) is 6.20 Å². The Bertz CT molecular complexity index is 325. The van der Waals surface area contributed by atoms with Gasteiger partial charge in [-0.25, -0.2) is 9.37 Å². The summed E-state index contributed by atoms with van der Waals surface area (Å²) in [6.07, 6.45) is 0.696. The normalized spacial score (nSPS) is 11.6. The Hall–Kier alpha value is -1.40. The van der Waals surface area contributed by atoms with E-state index in [9.17, 15) is 4.39 Å². The number of nitrogens with zero attached hydrogens (tertiary/aromatic N) is 1. The molecule has 1 atom stereocenters. The van der Waals surface area contributed by atoms with E-state index >= 15 is 0 Å². The van der Waals surface area contributed by atoms with Crippen LogP contribution in [0.4, 0.5) is 4.39 Å². The van der Waals surface area contributed by atoms with Gasteiger partial charge in [-0.1, -0.05) is 5.92 Å². The smallest absolute Gasteiger partial charge is 0.157 e. The Morgan fingerprint density at radius 2 is 2.42 bits per heavy atom. The van der Waals surface area contributed by atoms with E-state index in [1.165, 1.54) is 25.3 Å². The Morgan fingerprint density at radius 1 is 1.67 bits per heavy atom. The van der Waals surface area contributed by atoms with Gasteiger partial charge in [-0.3, -0.25) is 0 Å². The molecule has 0 aliphatic rings. The molecule has 0 fully saturated rings. The van der Waals surface area contributed by atoms with E-state index in [0.29, 0.717) is 0 Å². The van der Waals surface area contributed by atoms with Crippen molar-refractivity contribution in [2.24, 2.45) is 0 Å². The fourth-order valence-electron chi connectivity index (χ4n) is 0.650. The molecule has 1 aromatic heterocycles. The van der Waals surface area contributed by atoms with Crippen molar-refractivity contribution < 1.29 is 9.50 Å². The molecule has 0 radical (unpaired) electrons. The van der Waals surface area contributed by atoms with Crippen LogP contribution in [-0.2, 0) is 0 Å². The quantitative estimate of drug-likeness (QED) is 0.581. The summed E-state index contributed by atoms with van der Waals surface area (Å²) in [7, 11) is 0. The van der Waals surface area contributed by atoms with Crippen molar-refractivity contribution in [1.29, 1.82) is 0 Å². The van der Waals surface area contributed by atoms with Crippen LogP contribution in [0.3, 0.4) is 0 Å². The minimum Gasteiger partial charge on any atom is -0.381 e. The molecule has 0 aliphatic heterocycles. The molecule has 1 aromatic rings. The molecule has 0 aromatic carbocycles. The highest BCUT2D eigenvalue weighted by atomic mass is 19.1. The Balaban J connectivity index is 2.92. The van der Waals surface area contributed by atoms with Gasteiger partial charge in [0.15, 0.2) is 5.82 Å². The largest absolute Gasteiger partial charge is 0.381 e. The number of rotatable bonds is 0. The van der Waals surface area contributed by atoms with Crippen molar-refractivity contribution in [1.82, 2.24) is 4.98 Å². The number of aliphatic hydroxyl groups is 1. The molecule has 3 heteroatoms. The van der Waals surface area contributed by atoms with Crippen molar-refractivity contribution >= 4 is 0 Å². The zero-order valence-corrected chi connectivity index (χ0v) is 6.58. The van der Waals surface area contributed by atoms with Crippen LogP contribution >= 0.6 is 0 Å². The number of aromatic nitrogens is 1. The SMILES string of the molecule is C[C@@H](O)C#Cc1ncccc1F. The third kappa shape index (κ3) is 2.33. The second-order valence-corrected chi connectivity index (χ2v) is 2.28. The molecule has 1 N–H and O–H groups in total. The average Bonchev–Trinajstić information content (AvgIpc) is 2.03. The maximum absolute atomic E-state index is 12.8. The standard InChI is InChI=1S/C9H8FNO/c1-7(12)4-5-9-8(10)3-2-6-11-9/h2-3,6-7,12H,1H3/t7-/m1/s1. The second kappa shape index (κ2) is 3.84. The lowest BCUT2D eigenvalue weighted by atomic mass is 10.3. The van der Waals surface area contributed by atoms with E-state index in [4.69, 9.17) is 5.11 Å². The van der Waals surface area contributed by atoms with Crippen molar-refractivity contribution in [3.05, 3.63) is 29.8 Å². The maximum Gasteiger partial charge on any atom is 0.157 e. The predicted molar refractivity (Wildman–Crippen MR) is 42.8 cm³/mol. The summed E-state index contributed by atoms with van der Waals surface area (Å²) in [6, 6.07) is 2.77. The Morgan fingerprint density at radius 3 is 3.00 bits per heavy atom. The van der Waals surface area contributed by atoms with E-state index in [1.807, 2.05) is 0 Å². The summed E-state index contributed by atoms with van der Waals surface area (Å²) < 4.78 is 12.8. The first-order valence-electron chi connectivity index (χ1n) is 3.50. The van der Waals surface area contributed by atoms with Crippen molar-refractivity contribution in [2.45, 2.75) is 13.0 Å². The van der Waals surface area contributed by atoms with E-state index in [2.05, 4.69) is 16.8 Å². The van der Waals surface area contributed by atoms with Gasteiger partial charge in [0.25, 0.3) is 0 Å². The summed E-state index contributed by atoms with van der Waals surface area (Å²) in [5.74, 6) is 4.36. The van der Waals surface area contributed by atoms with Crippen LogP contribution in [0.5, 0.6) is 0 Å².